The van der Waals surface area contributed by atoms with Crippen LogP contribution in [-0.2, 0) is 4.79 Å². The fraction of sp³-hybridized carbons (Fsp3) is 0.375. The maximum Gasteiger partial charge on any atom is 0.231 e. The number of nitrogens with two attached hydrogens (primary N) is 1. The van der Waals surface area contributed by atoms with Crippen molar-refractivity contribution in [2.75, 3.05) is 11.9 Å². The largest absolute Gasteiger partial charge is 0.329 e. The van der Waals surface area contributed by atoms with Crippen LogP contribution in [0.4, 0.5) is 5.69 Å². The number of rotatable bonds is 4. The number of benzene rings is 1. The van der Waals surface area contributed by atoms with Crippen LogP contribution in [0, 0.1) is 5.41 Å². The van der Waals surface area contributed by atoms with Crippen molar-refractivity contribution in [3.63, 3.8) is 0 Å². The van der Waals surface area contributed by atoms with Crippen LogP contribution in [0.1, 0.15) is 25.7 Å². The predicted molar refractivity (Wildman–Crippen MR) is 86.1 cm³/mol. The summed E-state index contributed by atoms with van der Waals surface area (Å²) in [6.07, 6.45) is 5.74. The van der Waals surface area contributed by atoms with Crippen LogP contribution in [0.3, 0.4) is 0 Å². The van der Waals surface area contributed by atoms with Crippen LogP contribution in [0.15, 0.2) is 35.8 Å². The molecule has 110 valence electrons. The molecule has 1 amide bonds. The molecule has 1 fully saturated rings. The average molecular weight is 301 g/mol. The van der Waals surface area contributed by atoms with Gasteiger partial charge in [-0.05, 0) is 25.0 Å². The van der Waals surface area contributed by atoms with E-state index in [0.717, 1.165) is 41.9 Å². The van der Waals surface area contributed by atoms with Crippen molar-refractivity contribution < 1.29 is 4.79 Å². The lowest BCUT2D eigenvalue weighted by atomic mass is 9.85. The van der Waals surface area contributed by atoms with Gasteiger partial charge in [0.05, 0.1) is 5.41 Å². The molecule has 3 N–H and O–H groups in total. The molecular formula is C16H19N3OS. The quantitative estimate of drug-likeness (QED) is 0.910. The number of carbonyl (C=O) groups is 1. The van der Waals surface area contributed by atoms with E-state index >= 15 is 0 Å². The molecule has 2 aromatic rings. The van der Waals surface area contributed by atoms with Gasteiger partial charge in [0, 0.05) is 29.4 Å². The van der Waals surface area contributed by atoms with Gasteiger partial charge >= 0.3 is 0 Å². The van der Waals surface area contributed by atoms with E-state index in [4.69, 9.17) is 5.73 Å². The Morgan fingerprint density at radius 2 is 2.19 bits per heavy atom. The third-order valence-electron chi connectivity index (χ3n) is 4.23. The smallest absolute Gasteiger partial charge is 0.231 e. The molecule has 1 saturated carbocycles. The molecule has 0 aliphatic heterocycles. The van der Waals surface area contributed by atoms with E-state index < -0.39 is 0 Å². The van der Waals surface area contributed by atoms with E-state index in [1.807, 2.05) is 29.6 Å². The normalized spacial score (nSPS) is 16.8. The summed E-state index contributed by atoms with van der Waals surface area (Å²) in [7, 11) is 0. The Labute approximate surface area is 128 Å². The van der Waals surface area contributed by atoms with E-state index in [1.165, 1.54) is 0 Å². The van der Waals surface area contributed by atoms with Gasteiger partial charge in [0.15, 0.2) is 0 Å². The second-order valence-corrected chi connectivity index (χ2v) is 6.46. The summed E-state index contributed by atoms with van der Waals surface area (Å²) in [4.78, 5) is 16.9. The number of thiazole rings is 1. The topological polar surface area (TPSA) is 68.0 Å². The summed E-state index contributed by atoms with van der Waals surface area (Å²) in [5, 5.41) is 5.94. The first-order valence-corrected chi connectivity index (χ1v) is 8.13. The fourth-order valence-corrected chi connectivity index (χ4v) is 3.57. The average Bonchev–Trinajstić information content (AvgIpc) is 3.20. The van der Waals surface area contributed by atoms with Gasteiger partial charge in [-0.3, -0.25) is 4.79 Å². The molecule has 5 heteroatoms. The second kappa shape index (κ2) is 5.95. The molecule has 0 unspecified atom stereocenters. The Balaban J connectivity index is 1.79. The van der Waals surface area contributed by atoms with Gasteiger partial charge in [0.25, 0.3) is 0 Å². The first-order valence-electron chi connectivity index (χ1n) is 7.25. The zero-order valence-electron chi connectivity index (χ0n) is 11.8. The SMILES string of the molecule is NCC1(C(=O)Nc2cccc(-c3nccs3)c2)CCCC1. The monoisotopic (exact) mass is 301 g/mol. The summed E-state index contributed by atoms with van der Waals surface area (Å²) < 4.78 is 0. The van der Waals surface area contributed by atoms with Crippen LogP contribution in [-0.4, -0.2) is 17.4 Å². The first kappa shape index (κ1) is 14.2. The molecule has 0 saturated heterocycles. The molecule has 0 atom stereocenters. The molecule has 0 bridgehead atoms. The maximum absolute atomic E-state index is 12.6. The molecule has 1 aliphatic rings. The standard InChI is InChI=1S/C16H19N3OS/c17-11-16(6-1-2-7-16)15(20)19-13-5-3-4-12(10-13)14-18-8-9-21-14/h3-5,8-10H,1-2,6-7,11,17H2,(H,19,20). The molecule has 0 radical (unpaired) electrons. The van der Waals surface area contributed by atoms with Gasteiger partial charge in [-0.2, -0.15) is 0 Å². The van der Waals surface area contributed by atoms with Gasteiger partial charge in [0.2, 0.25) is 5.91 Å². The van der Waals surface area contributed by atoms with Gasteiger partial charge in [-0.15, -0.1) is 11.3 Å². The number of nitrogens with zero attached hydrogens (tertiary/aromatic N) is 1. The number of aromatic nitrogens is 1. The van der Waals surface area contributed by atoms with E-state index in [0.29, 0.717) is 6.54 Å². The Hall–Kier alpha value is -1.72. The number of hydrogen-bond acceptors (Lipinski definition) is 4. The highest BCUT2D eigenvalue weighted by atomic mass is 32.1. The number of hydrogen-bond donors (Lipinski definition) is 2. The van der Waals surface area contributed by atoms with E-state index in [9.17, 15) is 4.79 Å². The van der Waals surface area contributed by atoms with Crippen LogP contribution < -0.4 is 11.1 Å². The third-order valence-corrected chi connectivity index (χ3v) is 5.05. The Morgan fingerprint density at radius 3 is 2.86 bits per heavy atom. The van der Waals surface area contributed by atoms with E-state index in [1.54, 1.807) is 17.5 Å². The lowest BCUT2D eigenvalue weighted by molar-refractivity contribution is -0.124. The van der Waals surface area contributed by atoms with Crippen LogP contribution in [0.5, 0.6) is 0 Å². The maximum atomic E-state index is 12.6. The van der Waals surface area contributed by atoms with Crippen molar-refractivity contribution in [2.45, 2.75) is 25.7 Å². The van der Waals surface area contributed by atoms with Crippen LogP contribution in [0.25, 0.3) is 10.6 Å². The number of amides is 1. The Kier molecular flexibility index (Phi) is 4.03. The van der Waals surface area contributed by atoms with Crippen molar-refractivity contribution in [1.29, 1.82) is 0 Å². The summed E-state index contributed by atoms with van der Waals surface area (Å²) in [5.74, 6) is 0.0544. The van der Waals surface area contributed by atoms with Crippen molar-refractivity contribution >= 4 is 22.9 Å². The second-order valence-electron chi connectivity index (χ2n) is 5.56. The fourth-order valence-electron chi connectivity index (χ4n) is 2.94. The molecule has 4 nitrogen and oxygen atoms in total. The zero-order chi connectivity index (χ0) is 14.7. The van der Waals surface area contributed by atoms with Gasteiger partial charge < -0.3 is 11.1 Å². The lowest BCUT2D eigenvalue weighted by Crippen LogP contribution is -2.40. The summed E-state index contributed by atoms with van der Waals surface area (Å²) in [6, 6.07) is 7.82. The summed E-state index contributed by atoms with van der Waals surface area (Å²) >= 11 is 1.59. The van der Waals surface area contributed by atoms with E-state index in [2.05, 4.69) is 10.3 Å². The van der Waals surface area contributed by atoms with Crippen molar-refractivity contribution in [3.05, 3.63) is 35.8 Å². The highest BCUT2D eigenvalue weighted by Gasteiger charge is 2.39. The van der Waals surface area contributed by atoms with Crippen LogP contribution in [0.2, 0.25) is 0 Å². The zero-order valence-corrected chi connectivity index (χ0v) is 12.7. The lowest BCUT2D eigenvalue weighted by Gasteiger charge is -2.25. The molecule has 1 heterocycles. The van der Waals surface area contributed by atoms with Crippen molar-refractivity contribution in [3.8, 4) is 10.6 Å². The summed E-state index contributed by atoms with van der Waals surface area (Å²) in [6.45, 7) is 0.422. The molecule has 21 heavy (non-hydrogen) atoms. The minimum Gasteiger partial charge on any atom is -0.329 e. The predicted octanol–water partition coefficient (Wildman–Crippen LogP) is 3.27. The molecule has 1 aromatic carbocycles. The van der Waals surface area contributed by atoms with Crippen molar-refractivity contribution in [2.24, 2.45) is 11.1 Å². The number of anilines is 1. The van der Waals surface area contributed by atoms with Gasteiger partial charge in [-0.1, -0.05) is 25.0 Å². The molecular weight excluding hydrogens is 282 g/mol. The van der Waals surface area contributed by atoms with Crippen molar-refractivity contribution in [1.82, 2.24) is 4.98 Å². The van der Waals surface area contributed by atoms with Gasteiger partial charge in [0.1, 0.15) is 5.01 Å². The highest BCUT2D eigenvalue weighted by Crippen LogP contribution is 2.38. The summed E-state index contributed by atoms with van der Waals surface area (Å²) in [5.41, 5.74) is 7.32. The molecule has 3 rings (SSSR count). The molecule has 0 spiro atoms. The number of carbonyl (C=O) groups excluding carboxylic acids is 1. The minimum atomic E-state index is -0.378. The van der Waals surface area contributed by atoms with Gasteiger partial charge in [-0.25, -0.2) is 4.98 Å². The minimum absolute atomic E-state index is 0.0544. The molecule has 1 aliphatic carbocycles. The number of nitrogens with one attached hydrogen (secondary N) is 1. The third kappa shape index (κ3) is 2.84. The van der Waals surface area contributed by atoms with E-state index in [-0.39, 0.29) is 11.3 Å². The Bertz CT molecular complexity index is 618. The first-order chi connectivity index (χ1) is 10.2. The Morgan fingerprint density at radius 1 is 1.38 bits per heavy atom. The van der Waals surface area contributed by atoms with Crippen LogP contribution >= 0.6 is 11.3 Å². The highest BCUT2D eigenvalue weighted by molar-refractivity contribution is 7.13. The molecule has 1 aromatic heterocycles.